The van der Waals surface area contributed by atoms with Crippen molar-refractivity contribution >= 4 is 11.9 Å². The highest BCUT2D eigenvalue weighted by Crippen LogP contribution is 2.28. The Morgan fingerprint density at radius 1 is 1.00 bits per heavy atom. The van der Waals surface area contributed by atoms with Crippen LogP contribution in [0.3, 0.4) is 0 Å². The summed E-state index contributed by atoms with van der Waals surface area (Å²) < 4.78 is 9.31. The first-order valence-electron chi connectivity index (χ1n) is 5.60. The zero-order valence-electron chi connectivity index (χ0n) is 11.0. The van der Waals surface area contributed by atoms with Crippen molar-refractivity contribution in [3.8, 4) is 0 Å². The van der Waals surface area contributed by atoms with Gasteiger partial charge in [0.1, 0.15) is 0 Å². The molecule has 0 bridgehead atoms. The van der Waals surface area contributed by atoms with Crippen LogP contribution >= 0.6 is 0 Å². The van der Waals surface area contributed by atoms with Gasteiger partial charge in [-0.15, -0.1) is 0 Å². The summed E-state index contributed by atoms with van der Waals surface area (Å²) in [5, 5.41) is 27.8. The van der Waals surface area contributed by atoms with E-state index >= 15 is 0 Å². The van der Waals surface area contributed by atoms with Crippen LogP contribution in [-0.2, 0) is 19.1 Å². The van der Waals surface area contributed by atoms with E-state index in [4.69, 9.17) is 0 Å². The van der Waals surface area contributed by atoms with Gasteiger partial charge in [-0.05, 0) is 13.8 Å². The van der Waals surface area contributed by atoms with Crippen LogP contribution in [0.5, 0.6) is 0 Å². The maximum Gasteiger partial charge on any atom is 0.357 e. The van der Waals surface area contributed by atoms with E-state index in [9.17, 15) is 24.9 Å². The SMILES string of the molecule is C/C=C/C(=O)OC(CC)(OC(=O)/C=C/C)C(O)(O)O. The van der Waals surface area contributed by atoms with Crippen LogP contribution in [0.15, 0.2) is 24.3 Å². The minimum atomic E-state index is -3.53. The Hall–Kier alpha value is -1.70. The van der Waals surface area contributed by atoms with E-state index in [1.54, 1.807) is 0 Å². The van der Waals surface area contributed by atoms with Crippen molar-refractivity contribution in [3.05, 3.63) is 24.3 Å². The largest absolute Gasteiger partial charge is 0.411 e. The average Bonchev–Trinajstić information content (AvgIpc) is 2.27. The molecule has 0 amide bonds. The topological polar surface area (TPSA) is 113 Å². The number of carbonyl (C=O) groups excluding carboxylic acids is 2. The van der Waals surface area contributed by atoms with Crippen LogP contribution in [0.25, 0.3) is 0 Å². The summed E-state index contributed by atoms with van der Waals surface area (Å²) in [6.07, 6.45) is 4.25. The van der Waals surface area contributed by atoms with Crippen molar-refractivity contribution in [2.24, 2.45) is 0 Å². The predicted molar refractivity (Wildman–Crippen MR) is 64.2 cm³/mol. The molecule has 0 heterocycles. The highest BCUT2D eigenvalue weighted by atomic mass is 16.8. The lowest BCUT2D eigenvalue weighted by atomic mass is 10.1. The molecular formula is C12H18O7. The van der Waals surface area contributed by atoms with Gasteiger partial charge in [-0.25, -0.2) is 9.59 Å². The summed E-state index contributed by atoms with van der Waals surface area (Å²) in [6, 6.07) is 0. The first-order valence-corrected chi connectivity index (χ1v) is 5.60. The quantitative estimate of drug-likeness (QED) is 0.354. The minimum Gasteiger partial charge on any atom is -0.411 e. The number of aliphatic hydroxyl groups is 3. The fourth-order valence-corrected chi connectivity index (χ4v) is 1.20. The normalized spacial score (nSPS) is 12.9. The lowest BCUT2D eigenvalue weighted by Crippen LogP contribution is -2.59. The minimum absolute atomic E-state index is 0.372. The molecule has 0 aromatic carbocycles. The second-order valence-corrected chi connectivity index (χ2v) is 3.58. The molecule has 7 nitrogen and oxygen atoms in total. The lowest BCUT2D eigenvalue weighted by Gasteiger charge is -2.36. The van der Waals surface area contributed by atoms with E-state index < -0.39 is 23.7 Å². The molecule has 0 saturated heterocycles. The van der Waals surface area contributed by atoms with Gasteiger partial charge >= 0.3 is 23.7 Å². The van der Waals surface area contributed by atoms with Crippen molar-refractivity contribution in [2.45, 2.75) is 39.0 Å². The standard InChI is InChI=1S/C12H18O7/c1-4-7-9(13)18-11(6-3,12(15,16)17)19-10(14)8-5-2/h4-5,7-8,15-17H,6H2,1-3H3/b7-4+,8-5+. The number of rotatable bonds is 6. The number of ether oxygens (including phenoxy) is 2. The fourth-order valence-electron chi connectivity index (χ4n) is 1.20. The molecule has 3 N–H and O–H groups in total. The zero-order chi connectivity index (χ0) is 15.1. The van der Waals surface area contributed by atoms with Gasteiger partial charge in [0, 0.05) is 18.6 Å². The first-order chi connectivity index (χ1) is 8.72. The fraction of sp³-hybridized carbons (Fsp3) is 0.500. The number of carbonyl (C=O) groups is 2. The molecule has 0 saturated carbocycles. The Labute approximate surface area is 110 Å². The molecule has 0 radical (unpaired) electrons. The highest BCUT2D eigenvalue weighted by Gasteiger charge is 2.55. The van der Waals surface area contributed by atoms with Crippen LogP contribution in [-0.4, -0.2) is 39.0 Å². The average molecular weight is 274 g/mol. The molecule has 0 aliphatic heterocycles. The Bertz CT molecular complexity index is 350. The van der Waals surface area contributed by atoms with Gasteiger partial charge in [0.15, 0.2) is 0 Å². The number of allylic oxidation sites excluding steroid dienone is 2. The molecule has 0 rings (SSSR count). The van der Waals surface area contributed by atoms with E-state index in [0.29, 0.717) is 0 Å². The predicted octanol–water partition coefficient (Wildman–Crippen LogP) is -0.0380. The van der Waals surface area contributed by atoms with Crippen LogP contribution in [0, 0.1) is 0 Å². The van der Waals surface area contributed by atoms with Gasteiger partial charge in [0.05, 0.1) is 0 Å². The summed E-state index contributed by atoms with van der Waals surface area (Å²) in [4.78, 5) is 22.7. The molecular weight excluding hydrogens is 256 g/mol. The molecule has 0 fully saturated rings. The molecule has 108 valence electrons. The Kier molecular flexibility index (Phi) is 6.40. The number of hydrogen-bond acceptors (Lipinski definition) is 7. The van der Waals surface area contributed by atoms with Gasteiger partial charge < -0.3 is 24.8 Å². The molecule has 0 aliphatic carbocycles. The third kappa shape index (κ3) is 4.82. The highest BCUT2D eigenvalue weighted by molar-refractivity contribution is 5.84. The molecule has 0 aliphatic rings. The zero-order valence-corrected chi connectivity index (χ0v) is 11.0. The van der Waals surface area contributed by atoms with E-state index in [0.717, 1.165) is 12.2 Å². The summed E-state index contributed by atoms with van der Waals surface area (Å²) in [6.45, 7) is 4.40. The van der Waals surface area contributed by atoms with Crippen LogP contribution in [0.1, 0.15) is 27.2 Å². The summed E-state index contributed by atoms with van der Waals surface area (Å²) in [5.74, 6) is -8.14. The van der Waals surface area contributed by atoms with Gasteiger partial charge in [-0.1, -0.05) is 19.1 Å². The van der Waals surface area contributed by atoms with E-state index in [-0.39, 0.29) is 6.42 Å². The molecule has 0 atom stereocenters. The number of esters is 2. The summed E-state index contributed by atoms with van der Waals surface area (Å²) in [7, 11) is 0. The summed E-state index contributed by atoms with van der Waals surface area (Å²) >= 11 is 0. The van der Waals surface area contributed by atoms with Crippen LogP contribution in [0.4, 0.5) is 0 Å². The van der Waals surface area contributed by atoms with Crippen LogP contribution < -0.4 is 0 Å². The second-order valence-electron chi connectivity index (χ2n) is 3.58. The van der Waals surface area contributed by atoms with Gasteiger partial charge in [-0.2, -0.15) is 0 Å². The third-order valence-electron chi connectivity index (χ3n) is 2.11. The second kappa shape index (κ2) is 7.03. The lowest BCUT2D eigenvalue weighted by molar-refractivity contribution is -0.443. The monoisotopic (exact) mass is 274 g/mol. The molecule has 7 heteroatoms. The van der Waals surface area contributed by atoms with E-state index in [1.807, 2.05) is 0 Å². The number of hydrogen-bond donors (Lipinski definition) is 3. The van der Waals surface area contributed by atoms with E-state index in [2.05, 4.69) is 9.47 Å². The maximum absolute atomic E-state index is 11.4. The molecule has 0 spiro atoms. The Morgan fingerprint density at radius 3 is 1.58 bits per heavy atom. The summed E-state index contributed by atoms with van der Waals surface area (Å²) in [5.41, 5.74) is 0. The van der Waals surface area contributed by atoms with Gasteiger partial charge in [-0.3, -0.25) is 0 Å². The van der Waals surface area contributed by atoms with Gasteiger partial charge in [0.2, 0.25) is 0 Å². The Morgan fingerprint density at radius 2 is 1.37 bits per heavy atom. The van der Waals surface area contributed by atoms with Crippen molar-refractivity contribution in [1.82, 2.24) is 0 Å². The van der Waals surface area contributed by atoms with Crippen molar-refractivity contribution < 1.29 is 34.4 Å². The third-order valence-corrected chi connectivity index (χ3v) is 2.11. The van der Waals surface area contributed by atoms with Crippen LogP contribution in [0.2, 0.25) is 0 Å². The molecule has 0 aromatic heterocycles. The smallest absolute Gasteiger partial charge is 0.357 e. The molecule has 0 aromatic rings. The first kappa shape index (κ1) is 17.3. The van der Waals surface area contributed by atoms with E-state index in [1.165, 1.54) is 32.9 Å². The molecule has 19 heavy (non-hydrogen) atoms. The Balaban J connectivity index is 5.33. The molecule has 0 unspecified atom stereocenters. The van der Waals surface area contributed by atoms with Crippen molar-refractivity contribution in [2.75, 3.05) is 0 Å². The maximum atomic E-state index is 11.4. The van der Waals surface area contributed by atoms with Crippen molar-refractivity contribution in [3.63, 3.8) is 0 Å². The van der Waals surface area contributed by atoms with Gasteiger partial charge in [0.25, 0.3) is 0 Å². The van der Waals surface area contributed by atoms with Crippen molar-refractivity contribution in [1.29, 1.82) is 0 Å².